The van der Waals surface area contributed by atoms with Crippen molar-refractivity contribution in [1.29, 1.82) is 0 Å². The minimum absolute atomic E-state index is 0.00396. The zero-order valence-electron chi connectivity index (χ0n) is 28.8. The lowest BCUT2D eigenvalue weighted by Crippen LogP contribution is -2.60. The van der Waals surface area contributed by atoms with E-state index in [0.29, 0.717) is 11.1 Å². The summed E-state index contributed by atoms with van der Waals surface area (Å²) < 4.78 is 0. The number of rotatable bonds is 11. The second kappa shape index (κ2) is 19.1. The summed E-state index contributed by atoms with van der Waals surface area (Å²) in [5, 5.41) is 25.4. The molecule has 0 aromatic heterocycles. The fourth-order valence-corrected chi connectivity index (χ4v) is 5.46. The zero-order chi connectivity index (χ0) is 38.3. The van der Waals surface area contributed by atoms with E-state index >= 15 is 0 Å². The number of para-hydroxylation sites is 1. The van der Waals surface area contributed by atoms with Crippen LogP contribution >= 0.6 is 0 Å². The highest BCUT2D eigenvalue weighted by Crippen LogP contribution is 2.13. The van der Waals surface area contributed by atoms with Gasteiger partial charge in [-0.2, -0.15) is 0 Å². The average Bonchev–Trinajstić information content (AvgIpc) is 3.13. The maximum absolute atomic E-state index is 13.9. The van der Waals surface area contributed by atoms with Crippen molar-refractivity contribution in [3.63, 3.8) is 0 Å². The van der Waals surface area contributed by atoms with Crippen molar-refractivity contribution in [3.8, 4) is 5.75 Å². The molecule has 1 heterocycles. The Morgan fingerprint density at radius 3 is 1.96 bits per heavy atom. The van der Waals surface area contributed by atoms with Crippen LogP contribution in [-0.4, -0.2) is 90.3 Å². The van der Waals surface area contributed by atoms with Crippen LogP contribution < -0.4 is 49.1 Å². The number of phenolic OH excluding ortho intramolecular Hbond substituents is 1. The van der Waals surface area contributed by atoms with E-state index in [0.717, 1.165) is 0 Å². The minimum atomic E-state index is -1.45. The summed E-state index contributed by atoms with van der Waals surface area (Å²) >= 11 is 0. The van der Waals surface area contributed by atoms with E-state index in [4.69, 9.17) is 17.2 Å². The summed E-state index contributed by atoms with van der Waals surface area (Å²) in [5.74, 6) is -4.60. The first kappa shape index (κ1) is 39.1. The largest absolute Gasteiger partial charge is 0.508 e. The molecule has 1 aliphatic heterocycles. The Morgan fingerprint density at radius 1 is 0.717 bits per heavy atom. The number of hydrogen-bond acceptors (Lipinski definition) is 9. The van der Waals surface area contributed by atoms with Gasteiger partial charge in [-0.25, -0.2) is 0 Å². The molecule has 6 amide bonds. The first-order chi connectivity index (χ1) is 25.4. The summed E-state index contributed by atoms with van der Waals surface area (Å²) in [4.78, 5) is 85.3. The number of hydrogen-bond donors (Lipinski definition) is 10. The van der Waals surface area contributed by atoms with Gasteiger partial charge in [0.05, 0.1) is 12.1 Å². The van der Waals surface area contributed by atoms with Gasteiger partial charge in [0, 0.05) is 31.6 Å². The van der Waals surface area contributed by atoms with Gasteiger partial charge in [0.25, 0.3) is 5.91 Å². The highest BCUT2D eigenvalue weighted by Gasteiger charge is 2.33. The maximum atomic E-state index is 13.9. The molecular formula is C36H44N10O7. The average molecular weight is 729 g/mol. The highest BCUT2D eigenvalue weighted by molar-refractivity contribution is 6.00. The normalized spacial score (nSPS) is 19.9. The molecule has 13 N–H and O–H groups in total. The zero-order valence-corrected chi connectivity index (χ0v) is 28.8. The van der Waals surface area contributed by atoms with Gasteiger partial charge in [-0.15, -0.1) is 0 Å². The van der Waals surface area contributed by atoms with Crippen molar-refractivity contribution >= 4 is 47.1 Å². The lowest BCUT2D eigenvalue weighted by atomic mass is 10.0. The summed E-state index contributed by atoms with van der Waals surface area (Å²) in [6, 6.07) is 15.9. The molecule has 1 fully saturated rings. The molecule has 0 unspecified atom stereocenters. The van der Waals surface area contributed by atoms with Gasteiger partial charge < -0.3 is 54.2 Å². The van der Waals surface area contributed by atoms with Crippen LogP contribution in [0.3, 0.4) is 0 Å². The number of aliphatic imine (C=N–C) groups is 1. The predicted octanol–water partition coefficient (Wildman–Crippen LogP) is -1.69. The predicted molar refractivity (Wildman–Crippen MR) is 196 cm³/mol. The molecule has 0 aliphatic carbocycles. The monoisotopic (exact) mass is 728 g/mol. The van der Waals surface area contributed by atoms with Crippen LogP contribution in [0.4, 0.5) is 5.69 Å². The van der Waals surface area contributed by atoms with E-state index in [1.54, 1.807) is 54.6 Å². The van der Waals surface area contributed by atoms with Crippen LogP contribution in [-0.2, 0) is 36.8 Å². The van der Waals surface area contributed by atoms with Gasteiger partial charge in [0.1, 0.15) is 29.9 Å². The Kier molecular flexibility index (Phi) is 14.1. The first-order valence-electron chi connectivity index (χ1n) is 16.9. The lowest BCUT2D eigenvalue weighted by Gasteiger charge is -2.26. The number of amides is 6. The lowest BCUT2D eigenvalue weighted by molar-refractivity contribution is -0.134. The minimum Gasteiger partial charge on any atom is -0.508 e. The van der Waals surface area contributed by atoms with Crippen molar-refractivity contribution in [2.24, 2.45) is 16.5 Å². The van der Waals surface area contributed by atoms with E-state index in [-0.39, 0.29) is 55.2 Å². The first-order valence-corrected chi connectivity index (χ1v) is 16.9. The number of guanidine groups is 1. The van der Waals surface area contributed by atoms with E-state index in [1.165, 1.54) is 24.3 Å². The van der Waals surface area contributed by atoms with E-state index in [1.807, 2.05) is 0 Å². The molecule has 17 heteroatoms. The number of nitrogen functional groups attached to an aromatic ring is 1. The molecule has 0 spiro atoms. The van der Waals surface area contributed by atoms with Gasteiger partial charge in [0.15, 0.2) is 5.96 Å². The van der Waals surface area contributed by atoms with Crippen LogP contribution in [0.1, 0.15) is 34.3 Å². The second-order valence-electron chi connectivity index (χ2n) is 12.3. The van der Waals surface area contributed by atoms with Gasteiger partial charge in [0.2, 0.25) is 29.5 Å². The topological polar surface area (TPSA) is 285 Å². The SMILES string of the molecule is NC(N)=NCCC[C@@H]1NC(=O)[C@H](Cc2ccc(O)cc2)NC(=O)CNC(=O)[C@H](Cc2ccccc2)NC(=O)[C@H](CNC(=O)c2ccccc2N)NC1=O. The van der Waals surface area contributed by atoms with Crippen molar-refractivity contribution < 1.29 is 33.9 Å². The Hall–Kier alpha value is -6.65. The Bertz CT molecular complexity index is 1800. The summed E-state index contributed by atoms with van der Waals surface area (Å²) in [6.45, 7) is -0.859. The second-order valence-corrected chi connectivity index (χ2v) is 12.3. The van der Waals surface area contributed by atoms with Crippen molar-refractivity contribution in [3.05, 3.63) is 95.6 Å². The summed E-state index contributed by atoms with van der Waals surface area (Å²) in [7, 11) is 0. The Balaban J connectivity index is 1.68. The van der Waals surface area contributed by atoms with Gasteiger partial charge in [-0.05, 0) is 48.2 Å². The van der Waals surface area contributed by atoms with Crippen molar-refractivity contribution in [2.45, 2.75) is 49.9 Å². The summed E-state index contributed by atoms with van der Waals surface area (Å²) in [6.07, 6.45) is 0.211. The third-order valence-electron chi connectivity index (χ3n) is 8.25. The molecule has 280 valence electrons. The Morgan fingerprint density at radius 2 is 1.28 bits per heavy atom. The molecule has 1 aliphatic rings. The number of benzene rings is 3. The number of nitrogens with one attached hydrogen (secondary N) is 6. The van der Waals surface area contributed by atoms with Crippen LogP contribution in [0.25, 0.3) is 0 Å². The quantitative estimate of drug-likeness (QED) is 0.0463. The van der Waals surface area contributed by atoms with Crippen LogP contribution in [0.5, 0.6) is 5.75 Å². The number of aromatic hydroxyl groups is 1. The van der Waals surface area contributed by atoms with Gasteiger partial charge in [-0.1, -0.05) is 54.6 Å². The fourth-order valence-electron chi connectivity index (χ4n) is 5.46. The standard InChI is InChI=1S/C36H44N10O7/c37-25-10-5-4-9-24(25)31(49)41-19-29-35(53)45-27(17-21-7-2-1-3-8-21)32(50)42-20-30(48)43-28(18-22-12-14-23(47)15-13-22)34(52)44-26(33(51)46-29)11-6-16-40-36(38)39/h1-5,7-10,12-15,26-29,47H,6,11,16-20,37H2,(H,41,49)(H,42,50)(H,43,48)(H,44,52)(H,45,53)(H,46,51)(H4,38,39,40)/t26-,27-,28-,29-/m0/s1. The molecule has 4 rings (SSSR count). The fraction of sp³-hybridized carbons (Fsp3) is 0.306. The number of phenols is 1. The van der Waals surface area contributed by atoms with Crippen molar-refractivity contribution in [1.82, 2.24) is 31.9 Å². The molecular weight excluding hydrogens is 684 g/mol. The van der Waals surface area contributed by atoms with E-state index < -0.39 is 72.7 Å². The number of anilines is 1. The Labute approximate surface area is 305 Å². The number of nitrogens with two attached hydrogens (primary N) is 3. The van der Waals surface area contributed by atoms with Gasteiger partial charge in [-0.3, -0.25) is 33.8 Å². The molecule has 0 saturated carbocycles. The number of carbonyl (C=O) groups excluding carboxylic acids is 6. The molecule has 53 heavy (non-hydrogen) atoms. The van der Waals surface area contributed by atoms with Crippen LogP contribution in [0.2, 0.25) is 0 Å². The van der Waals surface area contributed by atoms with E-state index in [2.05, 4.69) is 36.9 Å². The maximum Gasteiger partial charge on any atom is 0.253 e. The molecule has 4 atom stereocenters. The summed E-state index contributed by atoms with van der Waals surface area (Å²) in [5.41, 5.74) is 18.5. The van der Waals surface area contributed by atoms with Crippen molar-refractivity contribution in [2.75, 3.05) is 25.4 Å². The molecule has 17 nitrogen and oxygen atoms in total. The molecule has 0 bridgehead atoms. The van der Waals surface area contributed by atoms with Gasteiger partial charge >= 0.3 is 0 Å². The molecule has 0 radical (unpaired) electrons. The molecule has 3 aromatic carbocycles. The molecule has 3 aromatic rings. The molecule has 1 saturated heterocycles. The third kappa shape index (κ3) is 12.3. The number of carbonyl (C=O) groups is 6. The smallest absolute Gasteiger partial charge is 0.253 e. The third-order valence-corrected chi connectivity index (χ3v) is 8.25. The number of nitrogens with zero attached hydrogens (tertiary/aromatic N) is 1. The van der Waals surface area contributed by atoms with Crippen LogP contribution in [0, 0.1) is 0 Å². The highest BCUT2D eigenvalue weighted by atomic mass is 16.3. The van der Waals surface area contributed by atoms with Crippen LogP contribution in [0.15, 0.2) is 83.9 Å². The van der Waals surface area contributed by atoms with E-state index in [9.17, 15) is 33.9 Å².